The van der Waals surface area contributed by atoms with Crippen LogP contribution in [0, 0.1) is 6.92 Å². The molecule has 1 aliphatic heterocycles. The lowest BCUT2D eigenvalue weighted by molar-refractivity contribution is 0.0732. The minimum Gasteiger partial charge on any atom is -0.363 e. The predicted octanol–water partition coefficient (Wildman–Crippen LogP) is 4.06. The van der Waals surface area contributed by atoms with E-state index in [0.717, 1.165) is 40.7 Å². The fraction of sp³-hybridized carbons (Fsp3) is 0.312. The Morgan fingerprint density at radius 1 is 1.40 bits per heavy atom. The van der Waals surface area contributed by atoms with Crippen molar-refractivity contribution in [1.29, 1.82) is 0 Å². The second-order valence-electron chi connectivity index (χ2n) is 5.24. The van der Waals surface area contributed by atoms with Crippen molar-refractivity contribution in [3.63, 3.8) is 0 Å². The molecule has 4 heteroatoms. The number of amides is 1. The standard InChI is InChI=1S/C16H17BrN2O/c1-11-6-7-12(17)10-13(11)16(20)19-9-3-5-15(19)14-4-2-8-18-14/h2,4,6-8,10,15,18H,3,5,9H2,1H3. The summed E-state index contributed by atoms with van der Waals surface area (Å²) >= 11 is 3.45. The van der Waals surface area contributed by atoms with Gasteiger partial charge < -0.3 is 9.88 Å². The zero-order valence-corrected chi connectivity index (χ0v) is 13.0. The van der Waals surface area contributed by atoms with Crippen LogP contribution in [-0.2, 0) is 0 Å². The van der Waals surface area contributed by atoms with E-state index in [4.69, 9.17) is 0 Å². The number of carbonyl (C=O) groups excluding carboxylic acids is 1. The van der Waals surface area contributed by atoms with Crippen LogP contribution in [0.25, 0.3) is 0 Å². The number of likely N-dealkylation sites (tertiary alicyclic amines) is 1. The van der Waals surface area contributed by atoms with E-state index in [-0.39, 0.29) is 11.9 Å². The first-order valence-corrected chi connectivity index (χ1v) is 7.66. The number of aromatic amines is 1. The van der Waals surface area contributed by atoms with Gasteiger partial charge in [0.15, 0.2) is 0 Å². The molecule has 0 aliphatic carbocycles. The van der Waals surface area contributed by atoms with Crippen LogP contribution in [0.3, 0.4) is 0 Å². The number of rotatable bonds is 2. The Bertz CT molecular complexity index is 621. The maximum atomic E-state index is 12.8. The third-order valence-corrected chi connectivity index (χ3v) is 4.42. The molecular weight excluding hydrogens is 316 g/mol. The minimum atomic E-state index is 0.126. The molecule has 1 aromatic heterocycles. The average molecular weight is 333 g/mol. The van der Waals surface area contributed by atoms with Gasteiger partial charge in [0.1, 0.15) is 0 Å². The summed E-state index contributed by atoms with van der Waals surface area (Å²) in [6, 6.07) is 10.1. The van der Waals surface area contributed by atoms with E-state index in [1.54, 1.807) is 0 Å². The van der Waals surface area contributed by atoms with Crippen LogP contribution in [0.1, 0.15) is 40.5 Å². The summed E-state index contributed by atoms with van der Waals surface area (Å²) in [5.41, 5.74) is 2.94. The summed E-state index contributed by atoms with van der Waals surface area (Å²) in [5.74, 6) is 0.126. The van der Waals surface area contributed by atoms with Crippen LogP contribution in [0.2, 0.25) is 0 Å². The van der Waals surface area contributed by atoms with Gasteiger partial charge in [-0.05, 0) is 49.6 Å². The zero-order valence-electron chi connectivity index (χ0n) is 11.4. The molecule has 1 aromatic carbocycles. The normalized spacial score (nSPS) is 18.5. The molecule has 3 rings (SSSR count). The molecule has 3 nitrogen and oxygen atoms in total. The van der Waals surface area contributed by atoms with Crippen molar-refractivity contribution in [3.05, 3.63) is 57.8 Å². The van der Waals surface area contributed by atoms with Crippen LogP contribution in [0.5, 0.6) is 0 Å². The summed E-state index contributed by atoms with van der Waals surface area (Å²) in [7, 11) is 0. The molecule has 0 bridgehead atoms. The predicted molar refractivity (Wildman–Crippen MR) is 82.7 cm³/mol. The highest BCUT2D eigenvalue weighted by molar-refractivity contribution is 9.10. The first-order valence-electron chi connectivity index (χ1n) is 6.87. The number of carbonyl (C=O) groups is 1. The molecule has 0 radical (unpaired) electrons. The van der Waals surface area contributed by atoms with Crippen molar-refractivity contribution in [2.24, 2.45) is 0 Å². The van der Waals surface area contributed by atoms with E-state index in [0.29, 0.717) is 0 Å². The van der Waals surface area contributed by atoms with Crippen LogP contribution >= 0.6 is 15.9 Å². The van der Waals surface area contributed by atoms with Gasteiger partial charge in [0, 0.05) is 28.5 Å². The van der Waals surface area contributed by atoms with Gasteiger partial charge in [-0.1, -0.05) is 22.0 Å². The number of aryl methyl sites for hydroxylation is 1. The molecule has 1 amide bonds. The largest absolute Gasteiger partial charge is 0.363 e. The number of hydrogen-bond acceptors (Lipinski definition) is 1. The van der Waals surface area contributed by atoms with Crippen molar-refractivity contribution < 1.29 is 4.79 Å². The lowest BCUT2D eigenvalue weighted by Crippen LogP contribution is -2.31. The van der Waals surface area contributed by atoms with Gasteiger partial charge in [-0.2, -0.15) is 0 Å². The monoisotopic (exact) mass is 332 g/mol. The van der Waals surface area contributed by atoms with Gasteiger partial charge in [-0.15, -0.1) is 0 Å². The molecule has 2 heterocycles. The third-order valence-electron chi connectivity index (χ3n) is 3.92. The van der Waals surface area contributed by atoms with Gasteiger partial charge in [-0.25, -0.2) is 0 Å². The summed E-state index contributed by atoms with van der Waals surface area (Å²) < 4.78 is 0.946. The van der Waals surface area contributed by atoms with E-state index in [1.807, 2.05) is 42.3 Å². The number of benzene rings is 1. The molecule has 1 fully saturated rings. The number of hydrogen-bond donors (Lipinski definition) is 1. The first kappa shape index (κ1) is 13.4. The number of H-pyrrole nitrogens is 1. The van der Waals surface area contributed by atoms with Gasteiger partial charge in [0.25, 0.3) is 5.91 Å². The van der Waals surface area contributed by atoms with E-state index in [9.17, 15) is 4.79 Å². The molecule has 1 atom stereocenters. The maximum absolute atomic E-state index is 12.8. The Morgan fingerprint density at radius 3 is 3.00 bits per heavy atom. The minimum absolute atomic E-state index is 0.126. The van der Waals surface area contributed by atoms with Crippen molar-refractivity contribution in [1.82, 2.24) is 9.88 Å². The summed E-state index contributed by atoms with van der Waals surface area (Å²) in [5, 5.41) is 0. The van der Waals surface area contributed by atoms with Crippen molar-refractivity contribution in [2.45, 2.75) is 25.8 Å². The van der Waals surface area contributed by atoms with Crippen LogP contribution < -0.4 is 0 Å². The third kappa shape index (κ3) is 2.40. The van der Waals surface area contributed by atoms with E-state index in [1.165, 1.54) is 0 Å². The van der Waals surface area contributed by atoms with Crippen LogP contribution in [0.15, 0.2) is 41.0 Å². The summed E-state index contributed by atoms with van der Waals surface area (Å²) in [4.78, 5) is 18.0. The van der Waals surface area contributed by atoms with Crippen molar-refractivity contribution in [3.8, 4) is 0 Å². The molecule has 1 N–H and O–H groups in total. The molecule has 0 spiro atoms. The van der Waals surface area contributed by atoms with E-state index >= 15 is 0 Å². The van der Waals surface area contributed by atoms with Crippen molar-refractivity contribution in [2.75, 3.05) is 6.54 Å². The Labute approximate surface area is 127 Å². The highest BCUT2D eigenvalue weighted by Crippen LogP contribution is 2.33. The zero-order chi connectivity index (χ0) is 14.1. The Morgan fingerprint density at radius 2 is 2.25 bits per heavy atom. The second kappa shape index (κ2) is 5.44. The smallest absolute Gasteiger partial charge is 0.254 e. The number of nitrogens with one attached hydrogen (secondary N) is 1. The first-order chi connectivity index (χ1) is 9.66. The molecule has 20 heavy (non-hydrogen) atoms. The molecule has 0 saturated carbocycles. The van der Waals surface area contributed by atoms with Crippen molar-refractivity contribution >= 4 is 21.8 Å². The van der Waals surface area contributed by atoms with Gasteiger partial charge in [-0.3, -0.25) is 4.79 Å². The fourth-order valence-electron chi connectivity index (χ4n) is 2.86. The molecule has 104 valence electrons. The number of nitrogens with zero attached hydrogens (tertiary/aromatic N) is 1. The highest BCUT2D eigenvalue weighted by Gasteiger charge is 2.31. The number of halogens is 1. The van der Waals surface area contributed by atoms with Gasteiger partial charge in [0.05, 0.1) is 6.04 Å². The fourth-order valence-corrected chi connectivity index (χ4v) is 3.23. The van der Waals surface area contributed by atoms with Crippen LogP contribution in [-0.4, -0.2) is 22.3 Å². The van der Waals surface area contributed by atoms with E-state index in [2.05, 4.69) is 27.0 Å². The molecule has 2 aromatic rings. The molecule has 1 aliphatic rings. The highest BCUT2D eigenvalue weighted by atomic mass is 79.9. The van der Waals surface area contributed by atoms with Gasteiger partial charge in [0.2, 0.25) is 0 Å². The van der Waals surface area contributed by atoms with E-state index < -0.39 is 0 Å². The summed E-state index contributed by atoms with van der Waals surface area (Å²) in [6.07, 6.45) is 4.00. The maximum Gasteiger partial charge on any atom is 0.254 e. The lowest BCUT2D eigenvalue weighted by atomic mass is 10.1. The van der Waals surface area contributed by atoms with Gasteiger partial charge >= 0.3 is 0 Å². The Kier molecular flexibility index (Phi) is 3.66. The lowest BCUT2D eigenvalue weighted by Gasteiger charge is -2.25. The SMILES string of the molecule is Cc1ccc(Br)cc1C(=O)N1CCCC1c1ccc[nH]1. The van der Waals surface area contributed by atoms with Crippen LogP contribution in [0.4, 0.5) is 0 Å². The number of aromatic nitrogens is 1. The second-order valence-corrected chi connectivity index (χ2v) is 6.16. The Balaban J connectivity index is 1.91. The topological polar surface area (TPSA) is 36.1 Å². The summed E-state index contributed by atoms with van der Waals surface area (Å²) in [6.45, 7) is 2.81. The average Bonchev–Trinajstić information content (AvgIpc) is 3.10. The quantitative estimate of drug-likeness (QED) is 0.884. The molecule has 1 unspecified atom stereocenters. The molecule has 1 saturated heterocycles. The Hall–Kier alpha value is -1.55. The molecular formula is C16H17BrN2O.